The van der Waals surface area contributed by atoms with Gasteiger partial charge >= 0.3 is 0 Å². The Morgan fingerprint density at radius 3 is 2.38 bits per heavy atom. The number of primary amides is 1. The van der Waals surface area contributed by atoms with E-state index in [1.807, 2.05) is 30.3 Å². The van der Waals surface area contributed by atoms with Crippen molar-refractivity contribution in [3.8, 4) is 11.3 Å². The van der Waals surface area contributed by atoms with Crippen LogP contribution in [0.15, 0.2) is 71.5 Å². The van der Waals surface area contributed by atoms with E-state index in [-0.39, 0.29) is 17.8 Å². The van der Waals surface area contributed by atoms with Gasteiger partial charge in [0.25, 0.3) is 11.5 Å². The highest BCUT2D eigenvalue weighted by Crippen LogP contribution is 2.15. The fraction of sp³-hybridized carbons (Fsp3) is 0.0526. The molecule has 0 saturated carbocycles. The molecule has 1 heterocycles. The van der Waals surface area contributed by atoms with Gasteiger partial charge in [0.2, 0.25) is 5.91 Å². The summed E-state index contributed by atoms with van der Waals surface area (Å²) in [6.45, 7) is -0.285. The first-order valence-corrected chi connectivity index (χ1v) is 7.87. The minimum atomic E-state index is -0.651. The molecule has 3 aromatic rings. The Kier molecular flexibility index (Phi) is 4.89. The highest BCUT2D eigenvalue weighted by atomic mass is 16.2. The molecule has 0 spiro atoms. The van der Waals surface area contributed by atoms with Crippen molar-refractivity contribution in [1.82, 2.24) is 9.78 Å². The van der Waals surface area contributed by atoms with Crippen LogP contribution in [-0.4, -0.2) is 21.6 Å². The van der Waals surface area contributed by atoms with Crippen LogP contribution < -0.4 is 16.6 Å². The number of nitrogens with two attached hydrogens (primary N) is 1. The Morgan fingerprint density at radius 1 is 0.962 bits per heavy atom. The molecular weight excluding hydrogens is 332 g/mol. The van der Waals surface area contributed by atoms with E-state index in [1.165, 1.54) is 12.1 Å². The van der Waals surface area contributed by atoms with E-state index < -0.39 is 17.4 Å². The lowest BCUT2D eigenvalue weighted by Crippen LogP contribution is -2.30. The summed E-state index contributed by atoms with van der Waals surface area (Å²) in [5.74, 6) is -1.14. The number of para-hydroxylation sites is 1. The molecule has 7 nitrogen and oxygen atoms in total. The molecule has 3 rings (SSSR count). The summed E-state index contributed by atoms with van der Waals surface area (Å²) in [4.78, 5) is 35.7. The molecule has 0 aliphatic rings. The van der Waals surface area contributed by atoms with Crippen molar-refractivity contribution >= 4 is 17.5 Å². The quantitative estimate of drug-likeness (QED) is 0.731. The van der Waals surface area contributed by atoms with Crippen molar-refractivity contribution in [1.29, 1.82) is 0 Å². The molecule has 2 aromatic carbocycles. The number of rotatable bonds is 5. The van der Waals surface area contributed by atoms with E-state index in [4.69, 9.17) is 5.73 Å². The largest absolute Gasteiger partial charge is 0.366 e. The van der Waals surface area contributed by atoms with Gasteiger partial charge in [0.15, 0.2) is 0 Å². The number of hydrogen-bond acceptors (Lipinski definition) is 4. The average Bonchev–Trinajstić information content (AvgIpc) is 2.64. The highest BCUT2D eigenvalue weighted by Gasteiger charge is 2.12. The fourth-order valence-corrected chi connectivity index (χ4v) is 2.46. The number of amides is 2. The lowest BCUT2D eigenvalue weighted by molar-refractivity contribution is -0.117. The van der Waals surface area contributed by atoms with Gasteiger partial charge in [-0.3, -0.25) is 14.4 Å². The number of carbonyl (C=O) groups is 2. The van der Waals surface area contributed by atoms with Gasteiger partial charge in [0.1, 0.15) is 6.54 Å². The summed E-state index contributed by atoms with van der Waals surface area (Å²) in [6, 6.07) is 18.7. The lowest BCUT2D eigenvalue weighted by atomic mass is 10.1. The molecule has 0 aliphatic heterocycles. The van der Waals surface area contributed by atoms with Gasteiger partial charge in [-0.1, -0.05) is 42.5 Å². The van der Waals surface area contributed by atoms with Crippen LogP contribution in [0.4, 0.5) is 5.69 Å². The Balaban J connectivity index is 1.82. The first-order chi connectivity index (χ1) is 12.5. The van der Waals surface area contributed by atoms with Gasteiger partial charge in [-0.25, -0.2) is 4.68 Å². The predicted octanol–water partition coefficient (Wildman–Crippen LogP) is 1.65. The number of aromatic nitrogens is 2. The second-order valence-corrected chi connectivity index (χ2v) is 5.54. The zero-order chi connectivity index (χ0) is 18.5. The smallest absolute Gasteiger partial charge is 0.267 e. The van der Waals surface area contributed by atoms with E-state index in [9.17, 15) is 14.4 Å². The molecule has 3 N–H and O–H groups in total. The van der Waals surface area contributed by atoms with Crippen molar-refractivity contribution in [2.45, 2.75) is 6.54 Å². The summed E-state index contributed by atoms with van der Waals surface area (Å²) in [5.41, 5.74) is 6.79. The number of benzene rings is 2. The van der Waals surface area contributed by atoms with Gasteiger partial charge < -0.3 is 11.1 Å². The molecule has 2 amide bonds. The average molecular weight is 348 g/mol. The van der Waals surface area contributed by atoms with Gasteiger partial charge in [-0.05, 0) is 18.2 Å². The van der Waals surface area contributed by atoms with Gasteiger partial charge in [-0.2, -0.15) is 5.10 Å². The van der Waals surface area contributed by atoms with Crippen LogP contribution >= 0.6 is 0 Å². The number of hydrogen-bond donors (Lipinski definition) is 2. The van der Waals surface area contributed by atoms with E-state index in [1.54, 1.807) is 24.3 Å². The van der Waals surface area contributed by atoms with Crippen molar-refractivity contribution in [3.63, 3.8) is 0 Å². The fourth-order valence-electron chi connectivity index (χ4n) is 2.46. The molecule has 0 radical (unpaired) electrons. The second-order valence-electron chi connectivity index (χ2n) is 5.54. The zero-order valence-electron chi connectivity index (χ0n) is 13.8. The van der Waals surface area contributed by atoms with Crippen molar-refractivity contribution in [3.05, 3.63) is 82.6 Å². The predicted molar refractivity (Wildman–Crippen MR) is 97.5 cm³/mol. The minimum absolute atomic E-state index is 0.194. The standard InChI is InChI=1S/C19H16N4O3/c20-19(26)14-8-4-5-9-16(14)21-17(24)12-23-18(25)11-10-15(22-23)13-6-2-1-3-7-13/h1-11H,12H2,(H2,20,26)(H,21,24). The van der Waals surface area contributed by atoms with Crippen LogP contribution in [0.5, 0.6) is 0 Å². The van der Waals surface area contributed by atoms with Crippen LogP contribution in [0.1, 0.15) is 10.4 Å². The normalized spacial score (nSPS) is 10.3. The summed E-state index contributed by atoms with van der Waals surface area (Å²) < 4.78 is 1.07. The Bertz CT molecular complexity index is 1010. The van der Waals surface area contributed by atoms with Gasteiger partial charge in [0.05, 0.1) is 16.9 Å². The monoisotopic (exact) mass is 348 g/mol. The summed E-state index contributed by atoms with van der Waals surface area (Å²) in [6.07, 6.45) is 0. The van der Waals surface area contributed by atoms with Gasteiger partial charge in [-0.15, -0.1) is 0 Å². The Labute approximate surface area is 149 Å². The third kappa shape index (κ3) is 3.84. The molecule has 7 heteroatoms. The number of nitrogens with zero attached hydrogens (tertiary/aromatic N) is 2. The van der Waals surface area contributed by atoms with Crippen molar-refractivity contribution in [2.75, 3.05) is 5.32 Å². The van der Waals surface area contributed by atoms with E-state index in [0.29, 0.717) is 5.69 Å². The summed E-state index contributed by atoms with van der Waals surface area (Å²) in [5, 5.41) is 6.82. The summed E-state index contributed by atoms with van der Waals surface area (Å²) >= 11 is 0. The molecule has 0 fully saturated rings. The number of nitrogens with one attached hydrogen (secondary N) is 1. The molecule has 0 unspecified atom stereocenters. The number of anilines is 1. The topological polar surface area (TPSA) is 107 Å². The zero-order valence-corrected chi connectivity index (χ0v) is 13.8. The molecule has 0 saturated heterocycles. The van der Waals surface area contributed by atoms with E-state index >= 15 is 0 Å². The van der Waals surface area contributed by atoms with Crippen LogP contribution in [-0.2, 0) is 11.3 Å². The maximum Gasteiger partial charge on any atom is 0.267 e. The maximum absolute atomic E-state index is 12.3. The number of carbonyl (C=O) groups excluding carboxylic acids is 2. The molecule has 0 atom stereocenters. The van der Waals surface area contributed by atoms with Crippen LogP contribution in [0.25, 0.3) is 11.3 Å². The SMILES string of the molecule is NC(=O)c1ccccc1NC(=O)Cn1nc(-c2ccccc2)ccc1=O. The highest BCUT2D eigenvalue weighted by molar-refractivity contribution is 6.02. The Morgan fingerprint density at radius 2 is 1.65 bits per heavy atom. The Hall–Kier alpha value is -3.74. The van der Waals surface area contributed by atoms with E-state index in [0.717, 1.165) is 10.2 Å². The van der Waals surface area contributed by atoms with Crippen molar-refractivity contribution < 1.29 is 9.59 Å². The third-order valence-corrected chi connectivity index (χ3v) is 3.70. The summed E-state index contributed by atoms with van der Waals surface area (Å²) in [7, 11) is 0. The lowest BCUT2D eigenvalue weighted by Gasteiger charge is -2.10. The molecule has 26 heavy (non-hydrogen) atoms. The first-order valence-electron chi connectivity index (χ1n) is 7.87. The van der Waals surface area contributed by atoms with Crippen LogP contribution in [0.2, 0.25) is 0 Å². The van der Waals surface area contributed by atoms with E-state index in [2.05, 4.69) is 10.4 Å². The molecule has 0 bridgehead atoms. The third-order valence-electron chi connectivity index (χ3n) is 3.70. The molecule has 0 aliphatic carbocycles. The molecular formula is C19H16N4O3. The van der Waals surface area contributed by atoms with Crippen molar-refractivity contribution in [2.24, 2.45) is 5.73 Å². The van der Waals surface area contributed by atoms with Gasteiger partial charge in [0, 0.05) is 11.6 Å². The second kappa shape index (κ2) is 7.43. The molecule has 130 valence electrons. The minimum Gasteiger partial charge on any atom is -0.366 e. The van der Waals surface area contributed by atoms with Crippen LogP contribution in [0, 0.1) is 0 Å². The molecule has 1 aromatic heterocycles. The maximum atomic E-state index is 12.3. The first kappa shape index (κ1) is 17.1. The van der Waals surface area contributed by atoms with Crippen LogP contribution in [0.3, 0.4) is 0 Å².